The van der Waals surface area contributed by atoms with Crippen LogP contribution in [0.15, 0.2) is 28.1 Å². The Hall–Kier alpha value is -0.870. The minimum atomic E-state index is 0.124. The Morgan fingerprint density at radius 3 is 2.68 bits per heavy atom. The van der Waals surface area contributed by atoms with Crippen molar-refractivity contribution in [2.45, 2.75) is 39.7 Å². The van der Waals surface area contributed by atoms with Gasteiger partial charge in [-0.25, -0.2) is 4.98 Å². The molecule has 1 aromatic heterocycles. The second-order valence-corrected chi connectivity index (χ2v) is 7.40. The number of nitrogens with one attached hydrogen (secondary N) is 1. The smallest absolute Gasteiger partial charge is 0.112 e. The van der Waals surface area contributed by atoms with E-state index in [0.717, 1.165) is 27.4 Å². The molecule has 0 saturated carbocycles. The molecule has 102 valence electrons. The fraction of sp³-hybridized carbons (Fsp3) is 0.400. The number of aromatic nitrogens is 1. The summed E-state index contributed by atoms with van der Waals surface area (Å²) in [5.74, 6) is 0. The Bertz CT molecular complexity index is 570. The molecule has 19 heavy (non-hydrogen) atoms. The maximum atomic E-state index is 4.69. The van der Waals surface area contributed by atoms with Crippen molar-refractivity contribution >= 4 is 33.0 Å². The lowest BCUT2D eigenvalue weighted by molar-refractivity contribution is 0.571. The SMILES string of the molecule is Cc1cccc(NCc2nc(C(C)(C)C)cs2)c1Br. The van der Waals surface area contributed by atoms with Gasteiger partial charge in [0.15, 0.2) is 0 Å². The molecule has 0 aliphatic rings. The van der Waals surface area contributed by atoms with Crippen molar-refractivity contribution < 1.29 is 0 Å². The molecule has 0 amide bonds. The minimum Gasteiger partial charge on any atom is -0.378 e. The Balaban J connectivity index is 2.07. The van der Waals surface area contributed by atoms with Gasteiger partial charge in [-0.1, -0.05) is 32.9 Å². The van der Waals surface area contributed by atoms with Crippen molar-refractivity contribution in [1.82, 2.24) is 4.98 Å². The summed E-state index contributed by atoms with van der Waals surface area (Å²) in [5.41, 5.74) is 3.64. The molecule has 0 atom stereocenters. The summed E-state index contributed by atoms with van der Waals surface area (Å²) in [4.78, 5) is 4.69. The molecule has 1 N–H and O–H groups in total. The minimum absolute atomic E-state index is 0.124. The first-order valence-electron chi connectivity index (χ1n) is 6.32. The van der Waals surface area contributed by atoms with E-state index in [-0.39, 0.29) is 5.41 Å². The van der Waals surface area contributed by atoms with E-state index in [9.17, 15) is 0 Å². The predicted octanol–water partition coefficient (Wildman–Crippen LogP) is 5.12. The molecule has 0 aliphatic heterocycles. The molecule has 0 fully saturated rings. The summed E-state index contributed by atoms with van der Waals surface area (Å²) in [7, 11) is 0. The highest BCUT2D eigenvalue weighted by Crippen LogP contribution is 2.27. The first kappa shape index (κ1) is 14.5. The van der Waals surface area contributed by atoms with Gasteiger partial charge in [0.25, 0.3) is 0 Å². The second-order valence-electron chi connectivity index (χ2n) is 5.67. The number of aryl methyl sites for hydroxylation is 1. The van der Waals surface area contributed by atoms with Crippen LogP contribution in [0.5, 0.6) is 0 Å². The van der Waals surface area contributed by atoms with Gasteiger partial charge in [0.1, 0.15) is 5.01 Å². The van der Waals surface area contributed by atoms with Crippen molar-refractivity contribution in [2.75, 3.05) is 5.32 Å². The fourth-order valence-electron chi connectivity index (χ4n) is 1.69. The number of anilines is 1. The van der Waals surface area contributed by atoms with E-state index >= 15 is 0 Å². The standard InChI is InChI=1S/C15H19BrN2S/c1-10-6-5-7-11(14(10)16)17-8-13-18-12(9-19-13)15(2,3)4/h5-7,9,17H,8H2,1-4H3. The van der Waals surface area contributed by atoms with Crippen LogP contribution in [0.1, 0.15) is 37.0 Å². The van der Waals surface area contributed by atoms with Gasteiger partial charge in [0.05, 0.1) is 12.2 Å². The summed E-state index contributed by atoms with van der Waals surface area (Å²) >= 11 is 5.33. The maximum Gasteiger partial charge on any atom is 0.112 e. The number of thiazole rings is 1. The van der Waals surface area contributed by atoms with Crippen LogP contribution in [0.25, 0.3) is 0 Å². The van der Waals surface area contributed by atoms with E-state index in [1.807, 2.05) is 0 Å². The number of hydrogen-bond acceptors (Lipinski definition) is 3. The van der Waals surface area contributed by atoms with Gasteiger partial charge in [-0.15, -0.1) is 11.3 Å². The summed E-state index contributed by atoms with van der Waals surface area (Å²) in [6.07, 6.45) is 0. The van der Waals surface area contributed by atoms with E-state index in [1.165, 1.54) is 5.56 Å². The second kappa shape index (κ2) is 5.63. The molecule has 0 spiro atoms. The Morgan fingerprint density at radius 2 is 2.05 bits per heavy atom. The number of hydrogen-bond donors (Lipinski definition) is 1. The maximum absolute atomic E-state index is 4.69. The van der Waals surface area contributed by atoms with Gasteiger partial charge in [-0.2, -0.15) is 0 Å². The van der Waals surface area contributed by atoms with Crippen molar-refractivity contribution in [3.63, 3.8) is 0 Å². The molecule has 0 radical (unpaired) electrons. The number of nitrogens with zero attached hydrogens (tertiary/aromatic N) is 1. The first-order valence-corrected chi connectivity index (χ1v) is 7.99. The Morgan fingerprint density at radius 1 is 1.32 bits per heavy atom. The van der Waals surface area contributed by atoms with Crippen molar-refractivity contribution in [2.24, 2.45) is 0 Å². The molecule has 4 heteroatoms. The van der Waals surface area contributed by atoms with Crippen molar-refractivity contribution in [3.05, 3.63) is 44.3 Å². The van der Waals surface area contributed by atoms with E-state index in [2.05, 4.69) is 77.5 Å². The molecule has 0 aliphatic carbocycles. The van der Waals surface area contributed by atoms with Crippen molar-refractivity contribution in [1.29, 1.82) is 0 Å². The fourth-order valence-corrected chi connectivity index (χ4v) is 3.06. The zero-order valence-electron chi connectivity index (χ0n) is 11.7. The number of benzene rings is 1. The van der Waals surface area contributed by atoms with Crippen LogP contribution < -0.4 is 5.32 Å². The summed E-state index contributed by atoms with van der Waals surface area (Å²) < 4.78 is 1.13. The van der Waals surface area contributed by atoms with Crippen LogP contribution in [-0.2, 0) is 12.0 Å². The van der Waals surface area contributed by atoms with E-state index in [0.29, 0.717) is 0 Å². The molecule has 0 saturated heterocycles. The largest absolute Gasteiger partial charge is 0.378 e. The average molecular weight is 339 g/mol. The van der Waals surface area contributed by atoms with Crippen LogP contribution in [0, 0.1) is 6.92 Å². The Labute approximate surface area is 127 Å². The van der Waals surface area contributed by atoms with Crippen LogP contribution >= 0.6 is 27.3 Å². The summed E-state index contributed by atoms with van der Waals surface area (Å²) in [5, 5.41) is 6.71. The van der Waals surface area contributed by atoms with Gasteiger partial charge in [-0.05, 0) is 34.5 Å². The third kappa shape index (κ3) is 3.57. The quantitative estimate of drug-likeness (QED) is 0.839. The lowest BCUT2D eigenvalue weighted by Gasteiger charge is -2.14. The Kier molecular flexibility index (Phi) is 4.31. The molecule has 2 rings (SSSR count). The van der Waals surface area contributed by atoms with Gasteiger partial charge in [0.2, 0.25) is 0 Å². The van der Waals surface area contributed by atoms with Gasteiger partial charge < -0.3 is 5.32 Å². The molecule has 2 aromatic rings. The molecule has 2 nitrogen and oxygen atoms in total. The molecule has 0 bridgehead atoms. The monoisotopic (exact) mass is 338 g/mol. The van der Waals surface area contributed by atoms with Gasteiger partial charge >= 0.3 is 0 Å². The lowest BCUT2D eigenvalue weighted by atomic mass is 9.93. The summed E-state index contributed by atoms with van der Waals surface area (Å²) in [6, 6.07) is 6.23. The average Bonchev–Trinajstić information content (AvgIpc) is 2.79. The molecular formula is C15H19BrN2S. The zero-order chi connectivity index (χ0) is 14.0. The molecular weight excluding hydrogens is 320 g/mol. The van der Waals surface area contributed by atoms with Crippen LogP contribution in [-0.4, -0.2) is 4.98 Å². The van der Waals surface area contributed by atoms with E-state index < -0.39 is 0 Å². The van der Waals surface area contributed by atoms with Gasteiger partial charge in [-0.3, -0.25) is 0 Å². The van der Waals surface area contributed by atoms with E-state index in [4.69, 9.17) is 0 Å². The normalized spacial score (nSPS) is 11.6. The molecule has 1 heterocycles. The number of rotatable bonds is 3. The third-order valence-corrected chi connectivity index (χ3v) is 4.84. The van der Waals surface area contributed by atoms with Gasteiger partial charge in [0, 0.05) is 21.0 Å². The first-order chi connectivity index (χ1) is 8.88. The van der Waals surface area contributed by atoms with Crippen LogP contribution in [0.2, 0.25) is 0 Å². The molecule has 1 aromatic carbocycles. The number of halogens is 1. The highest BCUT2D eigenvalue weighted by atomic mass is 79.9. The third-order valence-electron chi connectivity index (χ3n) is 2.94. The predicted molar refractivity (Wildman–Crippen MR) is 87.0 cm³/mol. The topological polar surface area (TPSA) is 24.9 Å². The van der Waals surface area contributed by atoms with E-state index in [1.54, 1.807) is 11.3 Å². The van der Waals surface area contributed by atoms with Crippen molar-refractivity contribution in [3.8, 4) is 0 Å². The zero-order valence-corrected chi connectivity index (χ0v) is 14.2. The summed E-state index contributed by atoms with van der Waals surface area (Å²) in [6.45, 7) is 9.43. The highest BCUT2D eigenvalue weighted by molar-refractivity contribution is 9.10. The lowest BCUT2D eigenvalue weighted by Crippen LogP contribution is -2.12. The molecule has 0 unspecified atom stereocenters. The van der Waals surface area contributed by atoms with Crippen LogP contribution in [0.4, 0.5) is 5.69 Å². The highest BCUT2D eigenvalue weighted by Gasteiger charge is 2.17. The van der Waals surface area contributed by atoms with Crippen LogP contribution in [0.3, 0.4) is 0 Å².